The van der Waals surface area contributed by atoms with E-state index in [9.17, 15) is 9.59 Å². The van der Waals surface area contributed by atoms with Crippen molar-refractivity contribution < 1.29 is 19.4 Å². The van der Waals surface area contributed by atoms with Crippen LogP contribution in [0.3, 0.4) is 0 Å². The summed E-state index contributed by atoms with van der Waals surface area (Å²) in [4.78, 5) is 21.3. The molecule has 17 heavy (non-hydrogen) atoms. The normalized spacial score (nSPS) is 9.88. The Morgan fingerprint density at radius 1 is 1.47 bits per heavy atom. The lowest BCUT2D eigenvalue weighted by molar-refractivity contribution is 0.0687. The van der Waals surface area contributed by atoms with E-state index in [1.165, 1.54) is 6.07 Å². The van der Waals surface area contributed by atoms with E-state index in [0.29, 0.717) is 17.6 Å². The van der Waals surface area contributed by atoms with Crippen LogP contribution in [0.4, 0.5) is 0 Å². The summed E-state index contributed by atoms with van der Waals surface area (Å²) in [6.45, 7) is 0. The molecule has 2 rings (SSSR count). The van der Waals surface area contributed by atoms with Gasteiger partial charge in [0.15, 0.2) is 0 Å². The van der Waals surface area contributed by atoms with Gasteiger partial charge in [-0.2, -0.15) is 0 Å². The number of hydrogen-bond donors (Lipinski definition) is 2. The van der Waals surface area contributed by atoms with E-state index in [1.807, 2.05) is 0 Å². The Morgan fingerprint density at radius 3 is 3.00 bits per heavy atom. The van der Waals surface area contributed by atoms with Gasteiger partial charge in [-0.3, -0.25) is 4.79 Å². The second-order valence-electron chi connectivity index (χ2n) is 3.09. The molecule has 86 valence electrons. The number of ether oxygens (including phenoxy) is 1. The van der Waals surface area contributed by atoms with Gasteiger partial charge in [0.1, 0.15) is 12.0 Å². The van der Waals surface area contributed by atoms with E-state index >= 15 is 0 Å². The summed E-state index contributed by atoms with van der Waals surface area (Å²) < 4.78 is 5.21. The number of carbonyl (C=O) groups excluding carboxylic acids is 1. The van der Waals surface area contributed by atoms with Gasteiger partial charge >= 0.3 is 5.97 Å². The average Bonchev–Trinajstić information content (AvgIpc) is 2.77. The van der Waals surface area contributed by atoms with Gasteiger partial charge in [0.05, 0.1) is 0 Å². The van der Waals surface area contributed by atoms with Gasteiger partial charge < -0.3 is 9.84 Å². The Labute approximate surface area is 95.0 Å². The van der Waals surface area contributed by atoms with Crippen LogP contribution in [0, 0.1) is 0 Å². The lowest BCUT2D eigenvalue weighted by Gasteiger charge is -2.02. The van der Waals surface area contributed by atoms with Crippen molar-refractivity contribution in [1.29, 1.82) is 0 Å². The molecule has 0 atom stereocenters. The molecule has 2 N–H and O–H groups in total. The Hall–Kier alpha value is -2.70. The number of nitrogens with one attached hydrogen (secondary N) is 1. The molecule has 1 aromatic heterocycles. The standard InChI is InChI=1S/C10H7N3O4/c14-5-6-2-1-3-7(4-6)17-9-8(10(15)16)11-13-12-9/h1-5H,(H,15,16)(H,11,12,13). The molecular weight excluding hydrogens is 226 g/mol. The molecular formula is C10H7N3O4. The van der Waals surface area contributed by atoms with Crippen LogP contribution in [0.2, 0.25) is 0 Å². The minimum absolute atomic E-state index is 0.152. The van der Waals surface area contributed by atoms with Gasteiger partial charge in [0.25, 0.3) is 5.88 Å². The molecule has 0 aliphatic heterocycles. The molecule has 0 amide bonds. The summed E-state index contributed by atoms with van der Waals surface area (Å²) in [5.41, 5.74) is 0.171. The van der Waals surface area contributed by atoms with E-state index in [2.05, 4.69) is 15.4 Å². The first kappa shape index (κ1) is 10.8. The van der Waals surface area contributed by atoms with E-state index < -0.39 is 5.97 Å². The highest BCUT2D eigenvalue weighted by atomic mass is 16.5. The lowest BCUT2D eigenvalue weighted by atomic mass is 10.2. The zero-order chi connectivity index (χ0) is 12.3. The largest absolute Gasteiger partial charge is 0.476 e. The third-order valence-corrected chi connectivity index (χ3v) is 1.94. The summed E-state index contributed by atoms with van der Waals surface area (Å²) in [7, 11) is 0. The minimum atomic E-state index is -1.23. The van der Waals surface area contributed by atoms with Crippen molar-refractivity contribution in [3.8, 4) is 11.6 Å². The molecule has 0 fully saturated rings. The number of carboxylic acids is 1. The van der Waals surface area contributed by atoms with E-state index in [1.54, 1.807) is 18.2 Å². The summed E-state index contributed by atoms with van der Waals surface area (Å²) >= 11 is 0. The zero-order valence-electron chi connectivity index (χ0n) is 8.45. The quantitative estimate of drug-likeness (QED) is 0.766. The van der Waals surface area contributed by atoms with Crippen molar-refractivity contribution in [2.75, 3.05) is 0 Å². The third kappa shape index (κ3) is 2.28. The van der Waals surface area contributed by atoms with Gasteiger partial charge in [-0.05, 0) is 12.1 Å². The highest BCUT2D eigenvalue weighted by molar-refractivity contribution is 5.87. The second-order valence-corrected chi connectivity index (χ2v) is 3.09. The fraction of sp³-hybridized carbons (Fsp3) is 0. The van der Waals surface area contributed by atoms with Gasteiger partial charge in [0, 0.05) is 5.56 Å². The topological polar surface area (TPSA) is 105 Å². The molecule has 1 heterocycles. The van der Waals surface area contributed by atoms with Crippen molar-refractivity contribution >= 4 is 12.3 Å². The maximum Gasteiger partial charge on any atom is 0.359 e. The lowest BCUT2D eigenvalue weighted by Crippen LogP contribution is -1.99. The molecule has 0 radical (unpaired) electrons. The average molecular weight is 233 g/mol. The molecule has 2 aromatic rings. The fourth-order valence-electron chi connectivity index (χ4n) is 1.19. The molecule has 0 aliphatic carbocycles. The number of aromatic carboxylic acids is 1. The second kappa shape index (κ2) is 4.44. The zero-order valence-corrected chi connectivity index (χ0v) is 8.45. The van der Waals surface area contributed by atoms with E-state index in [-0.39, 0.29) is 11.6 Å². The smallest absolute Gasteiger partial charge is 0.359 e. The van der Waals surface area contributed by atoms with Crippen LogP contribution in [0.1, 0.15) is 20.8 Å². The van der Waals surface area contributed by atoms with Gasteiger partial charge in [-0.25, -0.2) is 9.89 Å². The Kier molecular flexibility index (Phi) is 2.82. The van der Waals surface area contributed by atoms with Crippen molar-refractivity contribution in [2.45, 2.75) is 0 Å². The number of H-pyrrole nitrogens is 1. The third-order valence-electron chi connectivity index (χ3n) is 1.94. The highest BCUT2D eigenvalue weighted by Gasteiger charge is 2.16. The molecule has 0 bridgehead atoms. The fourth-order valence-corrected chi connectivity index (χ4v) is 1.19. The maximum atomic E-state index is 10.7. The SMILES string of the molecule is O=Cc1cccc(Oc2nn[nH]c2C(=O)O)c1. The van der Waals surface area contributed by atoms with Crippen LogP contribution in [0.15, 0.2) is 24.3 Å². The molecule has 7 nitrogen and oxygen atoms in total. The summed E-state index contributed by atoms with van der Waals surface area (Å²) in [6.07, 6.45) is 0.660. The molecule has 0 spiro atoms. The number of carbonyl (C=O) groups is 2. The van der Waals surface area contributed by atoms with Crippen LogP contribution in [0.25, 0.3) is 0 Å². The van der Waals surface area contributed by atoms with Crippen molar-refractivity contribution in [1.82, 2.24) is 15.4 Å². The van der Waals surface area contributed by atoms with Crippen molar-refractivity contribution in [3.63, 3.8) is 0 Å². The molecule has 0 unspecified atom stereocenters. The van der Waals surface area contributed by atoms with Crippen LogP contribution in [-0.2, 0) is 0 Å². The molecule has 0 saturated heterocycles. The first-order valence-electron chi connectivity index (χ1n) is 4.58. The first-order valence-corrected chi connectivity index (χ1v) is 4.58. The van der Waals surface area contributed by atoms with Crippen LogP contribution in [-0.4, -0.2) is 32.8 Å². The molecule has 1 aromatic carbocycles. The molecule has 7 heteroatoms. The number of benzene rings is 1. The first-order chi connectivity index (χ1) is 8.20. The highest BCUT2D eigenvalue weighted by Crippen LogP contribution is 2.21. The summed E-state index contributed by atoms with van der Waals surface area (Å²) in [6, 6.07) is 6.25. The Morgan fingerprint density at radius 2 is 2.29 bits per heavy atom. The van der Waals surface area contributed by atoms with Crippen LogP contribution < -0.4 is 4.74 Å². The number of nitrogens with zero attached hydrogens (tertiary/aromatic N) is 2. The Bertz CT molecular complexity index is 564. The van der Waals surface area contributed by atoms with Crippen LogP contribution >= 0.6 is 0 Å². The number of aromatic amines is 1. The van der Waals surface area contributed by atoms with E-state index in [0.717, 1.165) is 0 Å². The van der Waals surface area contributed by atoms with Crippen LogP contribution in [0.5, 0.6) is 11.6 Å². The predicted octanol–water partition coefficient (Wildman–Crippen LogP) is 1.11. The maximum absolute atomic E-state index is 10.7. The number of aromatic nitrogens is 3. The summed E-state index contributed by atoms with van der Waals surface area (Å²) in [5, 5.41) is 17.8. The van der Waals surface area contributed by atoms with Gasteiger partial charge in [-0.1, -0.05) is 22.4 Å². The van der Waals surface area contributed by atoms with Crippen molar-refractivity contribution in [3.05, 3.63) is 35.5 Å². The van der Waals surface area contributed by atoms with Crippen molar-refractivity contribution in [2.24, 2.45) is 0 Å². The molecule has 0 aliphatic rings. The summed E-state index contributed by atoms with van der Waals surface area (Å²) in [5.74, 6) is -1.07. The van der Waals surface area contributed by atoms with Gasteiger partial charge in [0.2, 0.25) is 5.69 Å². The van der Waals surface area contributed by atoms with E-state index in [4.69, 9.17) is 9.84 Å². The molecule has 0 saturated carbocycles. The predicted molar refractivity (Wildman–Crippen MR) is 55.2 cm³/mol. The number of aldehydes is 1. The number of rotatable bonds is 4. The minimum Gasteiger partial charge on any atom is -0.476 e. The van der Waals surface area contributed by atoms with Gasteiger partial charge in [-0.15, -0.1) is 0 Å². The monoisotopic (exact) mass is 233 g/mol. The number of hydrogen-bond acceptors (Lipinski definition) is 5. The number of carboxylic acid groups (broad SMARTS) is 1. The Balaban J connectivity index is 2.28.